The van der Waals surface area contributed by atoms with E-state index in [1.807, 2.05) is 18.2 Å². The van der Waals surface area contributed by atoms with Gasteiger partial charge in [0.2, 0.25) is 12.7 Å². The van der Waals surface area contributed by atoms with E-state index in [1.165, 1.54) is 11.1 Å². The van der Waals surface area contributed by atoms with Crippen LogP contribution in [0.25, 0.3) is 5.57 Å². The first-order valence-corrected chi connectivity index (χ1v) is 11.2. The Kier molecular flexibility index (Phi) is 6.27. The smallest absolute Gasteiger partial charge is 0.257 e. The molecule has 0 unspecified atom stereocenters. The van der Waals surface area contributed by atoms with Gasteiger partial charge in [0.15, 0.2) is 11.5 Å². The fourth-order valence-corrected chi connectivity index (χ4v) is 4.12. The molecule has 172 valence electrons. The van der Waals surface area contributed by atoms with Crippen LogP contribution >= 0.6 is 0 Å². The Labute approximate surface area is 198 Å². The van der Waals surface area contributed by atoms with Crippen LogP contribution < -0.4 is 20.1 Å². The van der Waals surface area contributed by atoms with Crippen molar-refractivity contribution in [2.45, 2.75) is 6.42 Å². The van der Waals surface area contributed by atoms with Crippen LogP contribution in [0, 0.1) is 0 Å². The van der Waals surface area contributed by atoms with Crippen molar-refractivity contribution in [1.82, 2.24) is 4.90 Å². The predicted octanol–water partition coefficient (Wildman–Crippen LogP) is 4.40. The van der Waals surface area contributed by atoms with Gasteiger partial charge < -0.3 is 20.1 Å². The molecule has 0 radical (unpaired) electrons. The standard InChI is InChI=1S/C27H25N3O4/c31-26(17-30-14-12-20(13-15-30)19-6-2-1-3-7-19)29-23-9-5-4-8-22(23)27(32)28-21-10-11-24-25(16-21)34-18-33-24/h1-12,16H,13-15,17-18H2,(H,28,32)(H,29,31). The zero-order valence-corrected chi connectivity index (χ0v) is 18.6. The largest absolute Gasteiger partial charge is 0.454 e. The van der Waals surface area contributed by atoms with Gasteiger partial charge in [-0.05, 0) is 41.8 Å². The lowest BCUT2D eigenvalue weighted by Crippen LogP contribution is -2.36. The van der Waals surface area contributed by atoms with Crippen LogP contribution in [0.4, 0.5) is 11.4 Å². The number of carbonyl (C=O) groups is 2. The third-order valence-electron chi connectivity index (χ3n) is 5.88. The summed E-state index contributed by atoms with van der Waals surface area (Å²) in [6.45, 7) is 1.95. The Morgan fingerprint density at radius 3 is 2.50 bits per heavy atom. The molecular weight excluding hydrogens is 430 g/mol. The zero-order valence-electron chi connectivity index (χ0n) is 18.6. The summed E-state index contributed by atoms with van der Waals surface area (Å²) >= 11 is 0. The lowest BCUT2D eigenvalue weighted by molar-refractivity contribution is -0.117. The van der Waals surface area contributed by atoms with Crippen LogP contribution in [0.15, 0.2) is 78.9 Å². The summed E-state index contributed by atoms with van der Waals surface area (Å²) in [5.74, 6) is 0.766. The summed E-state index contributed by atoms with van der Waals surface area (Å²) in [5.41, 5.74) is 3.99. The molecule has 2 aliphatic rings. The maximum Gasteiger partial charge on any atom is 0.257 e. The lowest BCUT2D eigenvalue weighted by Gasteiger charge is -2.26. The third kappa shape index (κ3) is 4.94. The van der Waals surface area contributed by atoms with Crippen molar-refractivity contribution >= 4 is 28.8 Å². The highest BCUT2D eigenvalue weighted by atomic mass is 16.7. The van der Waals surface area contributed by atoms with Gasteiger partial charge >= 0.3 is 0 Å². The third-order valence-corrected chi connectivity index (χ3v) is 5.88. The van der Waals surface area contributed by atoms with Gasteiger partial charge in [-0.3, -0.25) is 14.5 Å². The number of rotatable bonds is 6. The van der Waals surface area contributed by atoms with Crippen LogP contribution in [-0.4, -0.2) is 43.1 Å². The second kappa shape index (κ2) is 9.80. The Morgan fingerprint density at radius 2 is 1.68 bits per heavy atom. The molecule has 0 saturated carbocycles. The van der Waals surface area contributed by atoms with Crippen molar-refractivity contribution in [2.24, 2.45) is 0 Å². The zero-order chi connectivity index (χ0) is 23.3. The molecule has 0 fully saturated rings. The minimum absolute atomic E-state index is 0.153. The molecular formula is C27H25N3O4. The Morgan fingerprint density at radius 1 is 0.882 bits per heavy atom. The number of amides is 2. The molecule has 3 aromatic rings. The SMILES string of the molecule is O=C(CN1CC=C(c2ccccc2)CC1)Nc1ccccc1C(=O)Nc1ccc2c(c1)OCO2. The number of ether oxygens (including phenoxy) is 2. The topological polar surface area (TPSA) is 79.9 Å². The molecule has 0 spiro atoms. The molecule has 2 heterocycles. The van der Waals surface area contributed by atoms with Crippen molar-refractivity contribution in [3.05, 3.63) is 90.0 Å². The Balaban J connectivity index is 1.20. The maximum absolute atomic E-state index is 12.9. The average Bonchev–Trinajstić information content (AvgIpc) is 3.33. The first-order valence-electron chi connectivity index (χ1n) is 11.2. The van der Waals surface area contributed by atoms with Gasteiger partial charge in [0.25, 0.3) is 5.91 Å². The van der Waals surface area contributed by atoms with E-state index in [0.717, 1.165) is 13.0 Å². The number of fused-ring (bicyclic) bond motifs is 1. The van der Waals surface area contributed by atoms with E-state index in [-0.39, 0.29) is 25.2 Å². The van der Waals surface area contributed by atoms with Gasteiger partial charge in [0.05, 0.1) is 17.8 Å². The highest BCUT2D eigenvalue weighted by molar-refractivity contribution is 6.10. The molecule has 3 aromatic carbocycles. The number of carbonyl (C=O) groups excluding carboxylic acids is 2. The molecule has 0 saturated heterocycles. The molecule has 2 amide bonds. The van der Waals surface area contributed by atoms with Gasteiger partial charge in [-0.1, -0.05) is 48.5 Å². The number of para-hydroxylation sites is 1. The van der Waals surface area contributed by atoms with E-state index < -0.39 is 0 Å². The second-order valence-electron chi connectivity index (χ2n) is 8.20. The quantitative estimate of drug-likeness (QED) is 0.576. The number of nitrogens with one attached hydrogen (secondary N) is 2. The molecule has 2 N–H and O–H groups in total. The molecule has 34 heavy (non-hydrogen) atoms. The summed E-state index contributed by atoms with van der Waals surface area (Å²) in [6, 6.07) is 22.5. The van der Waals surface area contributed by atoms with E-state index in [0.29, 0.717) is 35.0 Å². The summed E-state index contributed by atoms with van der Waals surface area (Å²) in [4.78, 5) is 27.8. The van der Waals surface area contributed by atoms with Gasteiger partial charge in [0, 0.05) is 24.8 Å². The van der Waals surface area contributed by atoms with E-state index in [2.05, 4.69) is 33.7 Å². The minimum Gasteiger partial charge on any atom is -0.454 e. The summed E-state index contributed by atoms with van der Waals surface area (Å²) in [5, 5.41) is 5.76. The number of nitrogens with zero attached hydrogens (tertiary/aromatic N) is 1. The van der Waals surface area contributed by atoms with Crippen molar-refractivity contribution in [3.63, 3.8) is 0 Å². The first-order chi connectivity index (χ1) is 16.7. The van der Waals surface area contributed by atoms with E-state index in [1.54, 1.807) is 42.5 Å². The number of anilines is 2. The normalized spacial score (nSPS) is 14.9. The summed E-state index contributed by atoms with van der Waals surface area (Å²) < 4.78 is 10.7. The fraction of sp³-hybridized carbons (Fsp3) is 0.185. The Bertz CT molecular complexity index is 1240. The maximum atomic E-state index is 12.9. The number of hydrogen-bond acceptors (Lipinski definition) is 5. The fourth-order valence-electron chi connectivity index (χ4n) is 4.12. The van der Waals surface area contributed by atoms with Crippen LogP contribution in [0.2, 0.25) is 0 Å². The minimum atomic E-state index is -0.317. The van der Waals surface area contributed by atoms with Gasteiger partial charge in [-0.25, -0.2) is 0 Å². The number of benzene rings is 3. The van der Waals surface area contributed by atoms with Gasteiger partial charge in [-0.2, -0.15) is 0 Å². The van der Waals surface area contributed by atoms with Crippen molar-refractivity contribution in [2.75, 3.05) is 37.1 Å². The molecule has 7 heteroatoms. The van der Waals surface area contributed by atoms with Crippen LogP contribution in [0.1, 0.15) is 22.3 Å². The van der Waals surface area contributed by atoms with Crippen molar-refractivity contribution in [1.29, 1.82) is 0 Å². The van der Waals surface area contributed by atoms with Crippen LogP contribution in [0.3, 0.4) is 0 Å². The van der Waals surface area contributed by atoms with Crippen molar-refractivity contribution < 1.29 is 19.1 Å². The van der Waals surface area contributed by atoms with Crippen molar-refractivity contribution in [3.8, 4) is 11.5 Å². The number of hydrogen-bond donors (Lipinski definition) is 2. The monoisotopic (exact) mass is 455 g/mol. The Hall–Kier alpha value is -4.10. The molecule has 7 nitrogen and oxygen atoms in total. The second-order valence-corrected chi connectivity index (χ2v) is 8.20. The molecule has 0 aliphatic carbocycles. The molecule has 0 aromatic heterocycles. The molecule has 0 bridgehead atoms. The molecule has 2 aliphatic heterocycles. The van der Waals surface area contributed by atoms with Gasteiger partial charge in [0.1, 0.15) is 0 Å². The predicted molar refractivity (Wildman–Crippen MR) is 131 cm³/mol. The van der Waals surface area contributed by atoms with Gasteiger partial charge in [-0.15, -0.1) is 0 Å². The van der Waals surface area contributed by atoms with E-state index >= 15 is 0 Å². The van der Waals surface area contributed by atoms with E-state index in [9.17, 15) is 9.59 Å². The summed E-state index contributed by atoms with van der Waals surface area (Å²) in [6.07, 6.45) is 3.07. The summed E-state index contributed by atoms with van der Waals surface area (Å²) in [7, 11) is 0. The lowest BCUT2D eigenvalue weighted by atomic mass is 10.00. The molecule has 5 rings (SSSR count). The van der Waals surface area contributed by atoms with Crippen LogP contribution in [-0.2, 0) is 4.79 Å². The van der Waals surface area contributed by atoms with Crippen LogP contribution in [0.5, 0.6) is 11.5 Å². The average molecular weight is 456 g/mol. The highest BCUT2D eigenvalue weighted by Gasteiger charge is 2.19. The first kappa shape index (κ1) is 21.7. The van der Waals surface area contributed by atoms with E-state index in [4.69, 9.17) is 9.47 Å². The molecule has 0 atom stereocenters. The highest BCUT2D eigenvalue weighted by Crippen LogP contribution is 2.34.